The van der Waals surface area contributed by atoms with E-state index in [-0.39, 0.29) is 29.4 Å². The lowest BCUT2D eigenvalue weighted by molar-refractivity contribution is -0.384. The maximum atomic E-state index is 12.5. The fourth-order valence-electron chi connectivity index (χ4n) is 2.55. The molecule has 28 heavy (non-hydrogen) atoms. The number of amides is 1. The predicted molar refractivity (Wildman–Crippen MR) is 94.0 cm³/mol. The van der Waals surface area contributed by atoms with Crippen molar-refractivity contribution in [1.82, 2.24) is 5.32 Å². The maximum Gasteiger partial charge on any atom is 0.573 e. The Labute approximate surface area is 157 Å². The Morgan fingerprint density at radius 3 is 2.57 bits per heavy atom. The molecule has 0 saturated heterocycles. The van der Waals surface area contributed by atoms with Crippen LogP contribution in [0.15, 0.2) is 42.5 Å². The smallest absolute Gasteiger partial charge is 0.405 e. The third-order valence-corrected chi connectivity index (χ3v) is 4.03. The van der Waals surface area contributed by atoms with Crippen molar-refractivity contribution in [2.75, 3.05) is 5.32 Å². The van der Waals surface area contributed by atoms with E-state index in [0.29, 0.717) is 5.69 Å². The van der Waals surface area contributed by atoms with Crippen molar-refractivity contribution in [3.63, 3.8) is 0 Å². The number of alkyl halides is 3. The number of nitro benzene ring substituents is 1. The average molecular weight is 395 g/mol. The Bertz CT molecular complexity index is 898. The van der Waals surface area contributed by atoms with E-state index in [4.69, 9.17) is 0 Å². The monoisotopic (exact) mass is 395 g/mol. The van der Waals surface area contributed by atoms with E-state index in [0.717, 1.165) is 25.0 Å². The van der Waals surface area contributed by atoms with E-state index >= 15 is 0 Å². The van der Waals surface area contributed by atoms with Crippen molar-refractivity contribution >= 4 is 17.3 Å². The molecule has 0 aliphatic heterocycles. The number of nitrogens with zero attached hydrogens (tertiary/aromatic N) is 1. The zero-order valence-corrected chi connectivity index (χ0v) is 14.5. The fraction of sp³-hybridized carbons (Fsp3) is 0.278. The normalized spacial score (nSPS) is 13.7. The standard InChI is InChI=1S/C18H16F3N3O4/c19-18(20,21)28-16-4-2-1-3-12(16)10-22-17(25)11-5-8-14(23-13-6-7-13)15(9-11)24(26)27/h1-5,8-9,13,23H,6-7,10H2,(H,22,25). The molecule has 0 heterocycles. The predicted octanol–water partition coefficient (Wildman–Crippen LogP) is 4.00. The summed E-state index contributed by atoms with van der Waals surface area (Å²) in [6.07, 6.45) is -3.00. The Morgan fingerprint density at radius 1 is 1.21 bits per heavy atom. The van der Waals surface area contributed by atoms with Gasteiger partial charge in [-0.3, -0.25) is 14.9 Å². The highest BCUT2D eigenvalue weighted by Gasteiger charge is 2.32. The van der Waals surface area contributed by atoms with E-state index in [1.165, 1.54) is 30.3 Å². The van der Waals surface area contributed by atoms with Crippen LogP contribution < -0.4 is 15.4 Å². The van der Waals surface area contributed by atoms with Crippen molar-refractivity contribution < 1.29 is 27.6 Å². The molecule has 2 aromatic carbocycles. The van der Waals surface area contributed by atoms with Gasteiger partial charge in [-0.25, -0.2) is 0 Å². The first-order valence-electron chi connectivity index (χ1n) is 8.40. The molecule has 1 amide bonds. The third-order valence-electron chi connectivity index (χ3n) is 4.03. The molecule has 1 aliphatic rings. The lowest BCUT2D eigenvalue weighted by atomic mass is 10.1. The molecule has 0 bridgehead atoms. The molecule has 0 aromatic heterocycles. The molecule has 3 rings (SSSR count). The summed E-state index contributed by atoms with van der Waals surface area (Å²) in [4.78, 5) is 23.0. The van der Waals surface area contributed by atoms with Crippen LogP contribution >= 0.6 is 0 Å². The van der Waals surface area contributed by atoms with Crippen molar-refractivity contribution in [2.24, 2.45) is 0 Å². The van der Waals surface area contributed by atoms with Crippen LogP contribution in [0.4, 0.5) is 24.5 Å². The number of hydrogen-bond donors (Lipinski definition) is 2. The number of hydrogen-bond acceptors (Lipinski definition) is 5. The summed E-state index contributed by atoms with van der Waals surface area (Å²) in [5, 5.41) is 16.7. The lowest BCUT2D eigenvalue weighted by Gasteiger charge is -2.14. The van der Waals surface area contributed by atoms with Crippen LogP contribution in [0.3, 0.4) is 0 Å². The summed E-state index contributed by atoms with van der Waals surface area (Å²) in [5.41, 5.74) is 0.241. The molecule has 1 fully saturated rings. The van der Waals surface area contributed by atoms with Gasteiger partial charge < -0.3 is 15.4 Å². The lowest BCUT2D eigenvalue weighted by Crippen LogP contribution is -2.24. The van der Waals surface area contributed by atoms with Gasteiger partial charge >= 0.3 is 6.36 Å². The minimum absolute atomic E-state index is 0.0299. The quantitative estimate of drug-likeness (QED) is 0.546. The molecule has 2 aromatic rings. The van der Waals surface area contributed by atoms with Gasteiger partial charge in [-0.2, -0.15) is 0 Å². The van der Waals surface area contributed by atoms with Gasteiger partial charge in [0.2, 0.25) is 0 Å². The van der Waals surface area contributed by atoms with E-state index in [2.05, 4.69) is 15.4 Å². The van der Waals surface area contributed by atoms with Crippen molar-refractivity contribution in [3.8, 4) is 5.75 Å². The molecule has 0 spiro atoms. The zero-order chi connectivity index (χ0) is 20.3. The number of carbonyl (C=O) groups excluding carboxylic acids is 1. The van der Waals surface area contributed by atoms with Gasteiger partial charge in [0.15, 0.2) is 0 Å². The number of anilines is 1. The van der Waals surface area contributed by atoms with E-state index in [1.807, 2.05) is 0 Å². The fourth-order valence-corrected chi connectivity index (χ4v) is 2.55. The van der Waals surface area contributed by atoms with Crippen LogP contribution in [0.2, 0.25) is 0 Å². The number of carbonyl (C=O) groups is 1. The minimum Gasteiger partial charge on any atom is -0.405 e. The molecule has 2 N–H and O–H groups in total. The number of ether oxygens (including phenoxy) is 1. The van der Waals surface area contributed by atoms with Crippen LogP contribution in [0.1, 0.15) is 28.8 Å². The summed E-state index contributed by atoms with van der Waals surface area (Å²) < 4.78 is 41.3. The number of nitro groups is 1. The molecule has 148 valence electrons. The first-order chi connectivity index (χ1) is 13.2. The number of halogens is 3. The van der Waals surface area contributed by atoms with Gasteiger partial charge in [-0.05, 0) is 31.0 Å². The van der Waals surface area contributed by atoms with Crippen LogP contribution in [-0.2, 0) is 6.54 Å². The first kappa shape index (κ1) is 19.5. The van der Waals surface area contributed by atoms with Gasteiger partial charge in [0, 0.05) is 29.8 Å². The van der Waals surface area contributed by atoms with E-state index in [9.17, 15) is 28.1 Å². The summed E-state index contributed by atoms with van der Waals surface area (Å²) in [7, 11) is 0. The number of para-hydroxylation sites is 1. The number of nitrogens with one attached hydrogen (secondary N) is 2. The summed E-state index contributed by atoms with van der Waals surface area (Å²) in [5.74, 6) is -1.08. The number of benzene rings is 2. The summed E-state index contributed by atoms with van der Waals surface area (Å²) in [6.45, 7) is -0.235. The van der Waals surface area contributed by atoms with Crippen molar-refractivity contribution in [1.29, 1.82) is 0 Å². The molecule has 1 saturated carbocycles. The Balaban J connectivity index is 1.72. The topological polar surface area (TPSA) is 93.5 Å². The van der Waals surface area contributed by atoms with Crippen LogP contribution in [0.5, 0.6) is 5.75 Å². The van der Waals surface area contributed by atoms with E-state index < -0.39 is 22.9 Å². The molecule has 7 nitrogen and oxygen atoms in total. The molecule has 10 heteroatoms. The molecule has 0 unspecified atom stereocenters. The molecule has 1 aliphatic carbocycles. The SMILES string of the molecule is O=C(NCc1ccccc1OC(F)(F)F)c1ccc(NC2CC2)c([N+](=O)[O-])c1. The van der Waals surface area contributed by atoms with Gasteiger partial charge in [0.05, 0.1) is 4.92 Å². The Hall–Kier alpha value is -3.30. The molecule has 0 atom stereocenters. The van der Waals surface area contributed by atoms with E-state index in [1.54, 1.807) is 0 Å². The highest BCUT2D eigenvalue weighted by Crippen LogP contribution is 2.31. The largest absolute Gasteiger partial charge is 0.573 e. The van der Waals surface area contributed by atoms with Crippen LogP contribution in [0.25, 0.3) is 0 Å². The van der Waals surface area contributed by atoms with Gasteiger partial charge in [-0.1, -0.05) is 18.2 Å². The Kier molecular flexibility index (Phi) is 5.39. The second-order valence-electron chi connectivity index (χ2n) is 6.25. The molecular weight excluding hydrogens is 379 g/mol. The van der Waals surface area contributed by atoms with Gasteiger partial charge in [0.25, 0.3) is 11.6 Å². The average Bonchev–Trinajstić information content (AvgIpc) is 3.43. The zero-order valence-electron chi connectivity index (χ0n) is 14.5. The van der Waals surface area contributed by atoms with Crippen LogP contribution in [-0.4, -0.2) is 23.2 Å². The second kappa shape index (κ2) is 7.75. The molecular formula is C18H16F3N3O4. The van der Waals surface area contributed by atoms with Gasteiger partial charge in [0.1, 0.15) is 11.4 Å². The highest BCUT2D eigenvalue weighted by atomic mass is 19.4. The summed E-state index contributed by atoms with van der Waals surface area (Å²) >= 11 is 0. The highest BCUT2D eigenvalue weighted by molar-refractivity contribution is 5.95. The summed E-state index contributed by atoms with van der Waals surface area (Å²) in [6, 6.07) is 9.61. The van der Waals surface area contributed by atoms with Gasteiger partial charge in [-0.15, -0.1) is 13.2 Å². The Morgan fingerprint density at radius 2 is 1.93 bits per heavy atom. The number of rotatable bonds is 7. The molecule has 0 radical (unpaired) electrons. The first-order valence-corrected chi connectivity index (χ1v) is 8.40. The van der Waals surface area contributed by atoms with Crippen molar-refractivity contribution in [2.45, 2.75) is 31.8 Å². The van der Waals surface area contributed by atoms with Crippen molar-refractivity contribution in [3.05, 3.63) is 63.7 Å². The van der Waals surface area contributed by atoms with Crippen LogP contribution in [0, 0.1) is 10.1 Å². The second-order valence-corrected chi connectivity index (χ2v) is 6.25. The minimum atomic E-state index is -4.86. The third kappa shape index (κ3) is 5.12. The maximum absolute atomic E-state index is 12.5.